The summed E-state index contributed by atoms with van der Waals surface area (Å²) in [5.74, 6) is -0.155. The van der Waals surface area contributed by atoms with E-state index in [0.717, 1.165) is 30.0 Å². The SMILES string of the molecule is O=C(Cc1ccccc1)NCCC(=O)Nc1ccccc1N1CCCC1. The summed E-state index contributed by atoms with van der Waals surface area (Å²) in [7, 11) is 0. The van der Waals surface area contributed by atoms with Crippen LogP contribution in [-0.2, 0) is 16.0 Å². The van der Waals surface area contributed by atoms with Crippen molar-refractivity contribution in [3.05, 3.63) is 60.2 Å². The van der Waals surface area contributed by atoms with E-state index in [1.54, 1.807) is 0 Å². The van der Waals surface area contributed by atoms with Gasteiger partial charge in [0.1, 0.15) is 0 Å². The Bertz CT molecular complexity index is 740. The van der Waals surface area contributed by atoms with Gasteiger partial charge in [-0.2, -0.15) is 0 Å². The molecule has 1 aliphatic rings. The minimum atomic E-state index is -0.0864. The van der Waals surface area contributed by atoms with E-state index in [1.807, 2.05) is 54.6 Å². The monoisotopic (exact) mass is 351 g/mol. The highest BCUT2D eigenvalue weighted by Gasteiger charge is 2.16. The van der Waals surface area contributed by atoms with Crippen molar-refractivity contribution in [2.45, 2.75) is 25.7 Å². The molecule has 26 heavy (non-hydrogen) atoms. The van der Waals surface area contributed by atoms with Crippen molar-refractivity contribution >= 4 is 23.2 Å². The molecule has 2 N–H and O–H groups in total. The number of hydrogen-bond donors (Lipinski definition) is 2. The topological polar surface area (TPSA) is 61.4 Å². The summed E-state index contributed by atoms with van der Waals surface area (Å²) in [6, 6.07) is 17.5. The van der Waals surface area contributed by atoms with Gasteiger partial charge in [0.25, 0.3) is 0 Å². The zero-order valence-corrected chi connectivity index (χ0v) is 14.9. The summed E-state index contributed by atoms with van der Waals surface area (Å²) in [6.07, 6.45) is 2.97. The number of para-hydroxylation sites is 2. The summed E-state index contributed by atoms with van der Waals surface area (Å²) in [6.45, 7) is 2.40. The number of carbonyl (C=O) groups excluding carboxylic acids is 2. The van der Waals surface area contributed by atoms with Crippen molar-refractivity contribution in [2.24, 2.45) is 0 Å². The molecule has 5 heteroatoms. The zero-order valence-electron chi connectivity index (χ0n) is 14.9. The molecular weight excluding hydrogens is 326 g/mol. The first kappa shape index (κ1) is 18.0. The van der Waals surface area contributed by atoms with Crippen LogP contribution in [0.25, 0.3) is 0 Å². The fourth-order valence-corrected chi connectivity index (χ4v) is 3.19. The van der Waals surface area contributed by atoms with Gasteiger partial charge < -0.3 is 15.5 Å². The number of rotatable bonds is 7. The van der Waals surface area contributed by atoms with Crippen molar-refractivity contribution in [1.29, 1.82) is 0 Å². The van der Waals surface area contributed by atoms with Crippen molar-refractivity contribution in [1.82, 2.24) is 5.32 Å². The first-order valence-corrected chi connectivity index (χ1v) is 9.17. The molecule has 0 saturated carbocycles. The summed E-state index contributed by atoms with van der Waals surface area (Å²) in [5, 5.41) is 5.79. The van der Waals surface area contributed by atoms with Crippen LogP contribution in [-0.4, -0.2) is 31.4 Å². The molecule has 3 rings (SSSR count). The summed E-state index contributed by atoms with van der Waals surface area (Å²) in [4.78, 5) is 26.5. The maximum Gasteiger partial charge on any atom is 0.226 e. The van der Waals surface area contributed by atoms with E-state index in [9.17, 15) is 9.59 Å². The molecule has 5 nitrogen and oxygen atoms in total. The molecule has 1 saturated heterocycles. The quantitative estimate of drug-likeness (QED) is 0.806. The standard InChI is InChI=1S/C21H25N3O2/c25-20(12-13-22-21(26)16-17-8-2-1-3-9-17)23-18-10-4-5-11-19(18)24-14-6-7-15-24/h1-5,8-11H,6-7,12-16H2,(H,22,26)(H,23,25). The first-order valence-electron chi connectivity index (χ1n) is 9.17. The molecular formula is C21H25N3O2. The van der Waals surface area contributed by atoms with Crippen LogP contribution in [0.3, 0.4) is 0 Å². The predicted octanol–water partition coefficient (Wildman–Crippen LogP) is 2.97. The van der Waals surface area contributed by atoms with E-state index in [4.69, 9.17) is 0 Å². The van der Waals surface area contributed by atoms with Gasteiger partial charge in [0.15, 0.2) is 0 Å². The molecule has 0 bridgehead atoms. The summed E-state index contributed by atoms with van der Waals surface area (Å²) in [5.41, 5.74) is 2.88. The summed E-state index contributed by atoms with van der Waals surface area (Å²) < 4.78 is 0. The predicted molar refractivity (Wildman–Crippen MR) is 104 cm³/mol. The van der Waals surface area contributed by atoms with Crippen LogP contribution in [0, 0.1) is 0 Å². The van der Waals surface area contributed by atoms with Gasteiger partial charge in [0.05, 0.1) is 17.8 Å². The zero-order chi connectivity index (χ0) is 18.2. The van der Waals surface area contributed by atoms with Crippen LogP contribution >= 0.6 is 0 Å². The van der Waals surface area contributed by atoms with Gasteiger partial charge in [-0.15, -0.1) is 0 Å². The minimum Gasteiger partial charge on any atom is -0.370 e. The Labute approximate surface area is 154 Å². The van der Waals surface area contributed by atoms with Crippen molar-refractivity contribution in [2.75, 3.05) is 29.9 Å². The fraction of sp³-hybridized carbons (Fsp3) is 0.333. The number of nitrogens with one attached hydrogen (secondary N) is 2. The number of anilines is 2. The second-order valence-corrected chi connectivity index (χ2v) is 6.52. The van der Waals surface area contributed by atoms with Gasteiger partial charge >= 0.3 is 0 Å². The van der Waals surface area contributed by atoms with E-state index in [-0.39, 0.29) is 18.2 Å². The maximum atomic E-state index is 12.2. The molecule has 0 aliphatic carbocycles. The molecule has 1 fully saturated rings. The molecule has 0 spiro atoms. The van der Waals surface area contributed by atoms with Crippen LogP contribution in [0.1, 0.15) is 24.8 Å². The average molecular weight is 351 g/mol. The van der Waals surface area contributed by atoms with E-state index in [0.29, 0.717) is 13.0 Å². The Kier molecular flexibility index (Phi) is 6.25. The number of nitrogens with zero attached hydrogens (tertiary/aromatic N) is 1. The Hall–Kier alpha value is -2.82. The second-order valence-electron chi connectivity index (χ2n) is 6.52. The van der Waals surface area contributed by atoms with Crippen LogP contribution < -0.4 is 15.5 Å². The van der Waals surface area contributed by atoms with Gasteiger partial charge in [0.2, 0.25) is 11.8 Å². The van der Waals surface area contributed by atoms with Crippen LogP contribution in [0.15, 0.2) is 54.6 Å². The normalized spacial score (nSPS) is 13.5. The summed E-state index contributed by atoms with van der Waals surface area (Å²) >= 11 is 0. The molecule has 0 radical (unpaired) electrons. The van der Waals surface area contributed by atoms with Crippen LogP contribution in [0.2, 0.25) is 0 Å². The number of amides is 2. The van der Waals surface area contributed by atoms with E-state index in [2.05, 4.69) is 15.5 Å². The third-order valence-corrected chi connectivity index (χ3v) is 4.51. The highest BCUT2D eigenvalue weighted by atomic mass is 16.2. The minimum absolute atomic E-state index is 0.0681. The number of carbonyl (C=O) groups is 2. The lowest BCUT2D eigenvalue weighted by Gasteiger charge is -2.21. The first-order chi connectivity index (χ1) is 12.7. The van der Waals surface area contributed by atoms with Crippen molar-refractivity contribution < 1.29 is 9.59 Å². The molecule has 2 aromatic carbocycles. The second kappa shape index (κ2) is 9.04. The molecule has 2 amide bonds. The Morgan fingerprint density at radius 3 is 2.35 bits per heavy atom. The number of hydrogen-bond acceptors (Lipinski definition) is 3. The van der Waals surface area contributed by atoms with E-state index < -0.39 is 0 Å². The van der Waals surface area contributed by atoms with Crippen molar-refractivity contribution in [3.63, 3.8) is 0 Å². The Morgan fingerprint density at radius 2 is 1.58 bits per heavy atom. The maximum absolute atomic E-state index is 12.2. The van der Waals surface area contributed by atoms with E-state index in [1.165, 1.54) is 12.8 Å². The van der Waals surface area contributed by atoms with E-state index >= 15 is 0 Å². The highest BCUT2D eigenvalue weighted by Crippen LogP contribution is 2.28. The third-order valence-electron chi connectivity index (χ3n) is 4.51. The smallest absolute Gasteiger partial charge is 0.226 e. The molecule has 0 aromatic heterocycles. The molecule has 1 aliphatic heterocycles. The molecule has 0 atom stereocenters. The lowest BCUT2D eigenvalue weighted by atomic mass is 10.1. The lowest BCUT2D eigenvalue weighted by Crippen LogP contribution is -2.29. The van der Waals surface area contributed by atoms with Gasteiger partial charge in [-0.05, 0) is 30.5 Å². The number of benzene rings is 2. The molecule has 0 unspecified atom stereocenters. The van der Waals surface area contributed by atoms with Gasteiger partial charge in [-0.25, -0.2) is 0 Å². The largest absolute Gasteiger partial charge is 0.370 e. The fourth-order valence-electron chi connectivity index (χ4n) is 3.19. The molecule has 136 valence electrons. The third kappa shape index (κ3) is 5.09. The Balaban J connectivity index is 1.45. The van der Waals surface area contributed by atoms with Crippen molar-refractivity contribution in [3.8, 4) is 0 Å². The van der Waals surface area contributed by atoms with Gasteiger partial charge in [-0.1, -0.05) is 42.5 Å². The lowest BCUT2D eigenvalue weighted by molar-refractivity contribution is -0.120. The van der Waals surface area contributed by atoms with Crippen LogP contribution in [0.4, 0.5) is 11.4 Å². The average Bonchev–Trinajstić information content (AvgIpc) is 3.17. The highest BCUT2D eigenvalue weighted by molar-refractivity contribution is 5.94. The van der Waals surface area contributed by atoms with Gasteiger partial charge in [-0.3, -0.25) is 9.59 Å². The van der Waals surface area contributed by atoms with Crippen LogP contribution in [0.5, 0.6) is 0 Å². The van der Waals surface area contributed by atoms with Gasteiger partial charge in [0, 0.05) is 26.1 Å². The Morgan fingerprint density at radius 1 is 0.885 bits per heavy atom. The molecule has 1 heterocycles. The molecule has 2 aromatic rings.